The first-order valence-corrected chi connectivity index (χ1v) is 7.84. The fraction of sp³-hybridized carbons (Fsp3) is 0.529. The van der Waals surface area contributed by atoms with Gasteiger partial charge in [-0.05, 0) is 38.1 Å². The lowest BCUT2D eigenvalue weighted by molar-refractivity contribution is 0.0268. The van der Waals surface area contributed by atoms with Crippen molar-refractivity contribution in [2.45, 2.75) is 19.4 Å². The average Bonchev–Trinajstić information content (AvgIpc) is 2.61. The number of carbonyl (C=O) groups is 1. The fourth-order valence-electron chi connectivity index (χ4n) is 1.79. The summed E-state index contributed by atoms with van der Waals surface area (Å²) in [6.07, 6.45) is 0. The summed E-state index contributed by atoms with van der Waals surface area (Å²) >= 11 is 0. The minimum atomic E-state index is -0.278. The molecule has 0 aliphatic carbocycles. The van der Waals surface area contributed by atoms with Crippen LogP contribution in [0.4, 0.5) is 0 Å². The molecule has 0 aliphatic heterocycles. The van der Waals surface area contributed by atoms with Crippen LogP contribution in [0.3, 0.4) is 0 Å². The van der Waals surface area contributed by atoms with Gasteiger partial charge in [0, 0.05) is 39.4 Å². The summed E-state index contributed by atoms with van der Waals surface area (Å²) < 4.78 is 10.4. The van der Waals surface area contributed by atoms with Gasteiger partial charge in [0.15, 0.2) is 5.96 Å². The summed E-state index contributed by atoms with van der Waals surface area (Å²) in [5.41, 5.74) is 0.320. The second-order valence-electron chi connectivity index (χ2n) is 5.80. The normalized spacial score (nSPS) is 11.8. The summed E-state index contributed by atoms with van der Waals surface area (Å²) in [5, 5.41) is 9.17. The quantitative estimate of drug-likeness (QED) is 0.375. The summed E-state index contributed by atoms with van der Waals surface area (Å²) in [7, 11) is 4.97. The van der Waals surface area contributed by atoms with Crippen molar-refractivity contribution in [3.8, 4) is 5.75 Å². The van der Waals surface area contributed by atoms with Gasteiger partial charge in [-0.1, -0.05) is 0 Å². The molecule has 0 aliphatic rings. The largest absolute Gasteiger partial charge is 0.497 e. The van der Waals surface area contributed by atoms with Crippen molar-refractivity contribution in [3.63, 3.8) is 0 Å². The number of methoxy groups -OCH3 is 2. The molecule has 24 heavy (non-hydrogen) atoms. The Morgan fingerprint density at radius 2 is 1.71 bits per heavy atom. The molecule has 1 aromatic rings. The van der Waals surface area contributed by atoms with E-state index in [1.165, 1.54) is 0 Å². The summed E-state index contributed by atoms with van der Waals surface area (Å²) in [5.74, 6) is 1.27. The van der Waals surface area contributed by atoms with Gasteiger partial charge in [0.05, 0.1) is 12.7 Å². The van der Waals surface area contributed by atoms with E-state index in [0.717, 1.165) is 5.75 Å². The van der Waals surface area contributed by atoms with Crippen LogP contribution in [0, 0.1) is 0 Å². The summed E-state index contributed by atoms with van der Waals surface area (Å²) in [6.45, 7) is 5.65. The Bertz CT molecular complexity index is 541. The Morgan fingerprint density at radius 1 is 1.08 bits per heavy atom. The highest BCUT2D eigenvalue weighted by Gasteiger charge is 2.16. The maximum absolute atomic E-state index is 12.0. The van der Waals surface area contributed by atoms with Crippen LogP contribution in [0.2, 0.25) is 0 Å². The molecule has 7 nitrogen and oxygen atoms in total. The molecule has 0 atom stereocenters. The number of aliphatic imine (C=N–C) groups is 1. The Morgan fingerprint density at radius 3 is 2.25 bits per heavy atom. The predicted octanol–water partition coefficient (Wildman–Crippen LogP) is 1.01. The van der Waals surface area contributed by atoms with Gasteiger partial charge in [0.25, 0.3) is 5.91 Å². The van der Waals surface area contributed by atoms with E-state index in [2.05, 4.69) is 20.9 Å². The number of hydrogen-bond acceptors (Lipinski definition) is 4. The molecule has 1 rings (SSSR count). The van der Waals surface area contributed by atoms with Crippen LogP contribution in [-0.4, -0.2) is 58.4 Å². The minimum absolute atomic E-state index is 0.122. The highest BCUT2D eigenvalue weighted by molar-refractivity contribution is 5.94. The highest BCUT2D eigenvalue weighted by Crippen LogP contribution is 2.10. The van der Waals surface area contributed by atoms with Gasteiger partial charge in [-0.15, -0.1) is 0 Å². The Labute approximate surface area is 143 Å². The molecule has 1 amide bonds. The number of guanidine groups is 1. The smallest absolute Gasteiger partial charge is 0.251 e. The zero-order valence-electron chi connectivity index (χ0n) is 15.1. The Hall–Kier alpha value is -2.28. The van der Waals surface area contributed by atoms with Crippen molar-refractivity contribution in [1.29, 1.82) is 0 Å². The third-order valence-electron chi connectivity index (χ3n) is 3.51. The monoisotopic (exact) mass is 336 g/mol. The molecule has 0 aromatic heterocycles. The molecule has 7 heteroatoms. The second-order valence-corrected chi connectivity index (χ2v) is 5.80. The second kappa shape index (κ2) is 9.77. The van der Waals surface area contributed by atoms with E-state index in [-0.39, 0.29) is 11.5 Å². The molecule has 0 saturated heterocycles. The van der Waals surface area contributed by atoms with E-state index in [1.807, 2.05) is 13.8 Å². The molecule has 0 saturated carbocycles. The standard InChI is InChI=1S/C17H28N4O3/c1-17(2,24-5)12-21-16(18-3)20-11-10-19-15(22)13-6-8-14(23-4)9-7-13/h6-9H,10-12H2,1-5H3,(H,19,22)(H2,18,20,21). The summed E-state index contributed by atoms with van der Waals surface area (Å²) in [4.78, 5) is 16.1. The minimum Gasteiger partial charge on any atom is -0.497 e. The molecular weight excluding hydrogens is 308 g/mol. The van der Waals surface area contributed by atoms with Crippen LogP contribution in [0.15, 0.2) is 29.3 Å². The third kappa shape index (κ3) is 6.87. The highest BCUT2D eigenvalue weighted by atomic mass is 16.5. The van der Waals surface area contributed by atoms with Crippen LogP contribution in [0.25, 0.3) is 0 Å². The van der Waals surface area contributed by atoms with Crippen LogP contribution in [0.5, 0.6) is 5.75 Å². The van der Waals surface area contributed by atoms with E-state index in [9.17, 15) is 4.79 Å². The van der Waals surface area contributed by atoms with Crippen molar-refractivity contribution in [3.05, 3.63) is 29.8 Å². The number of carbonyl (C=O) groups excluding carboxylic acids is 1. The lowest BCUT2D eigenvalue weighted by Gasteiger charge is -2.24. The van der Waals surface area contributed by atoms with Crippen molar-refractivity contribution < 1.29 is 14.3 Å². The molecule has 0 spiro atoms. The van der Waals surface area contributed by atoms with Gasteiger partial charge in [-0.2, -0.15) is 0 Å². The molecule has 0 heterocycles. The topological polar surface area (TPSA) is 84.0 Å². The van der Waals surface area contributed by atoms with Crippen molar-refractivity contribution in [2.24, 2.45) is 4.99 Å². The van der Waals surface area contributed by atoms with Crippen molar-refractivity contribution in [2.75, 3.05) is 40.9 Å². The number of hydrogen-bond donors (Lipinski definition) is 3. The van der Waals surface area contributed by atoms with E-state index in [4.69, 9.17) is 9.47 Å². The maximum atomic E-state index is 12.0. The number of nitrogens with zero attached hydrogens (tertiary/aromatic N) is 1. The molecular formula is C17H28N4O3. The molecule has 0 radical (unpaired) electrons. The number of amides is 1. The van der Waals surface area contributed by atoms with Crippen molar-refractivity contribution in [1.82, 2.24) is 16.0 Å². The average molecular weight is 336 g/mol. The first-order chi connectivity index (χ1) is 11.4. The zero-order valence-corrected chi connectivity index (χ0v) is 15.1. The Balaban J connectivity index is 2.31. The van der Waals surface area contributed by atoms with Gasteiger partial charge >= 0.3 is 0 Å². The van der Waals surface area contributed by atoms with Gasteiger partial charge in [-0.3, -0.25) is 9.79 Å². The van der Waals surface area contributed by atoms with Gasteiger partial charge in [-0.25, -0.2) is 0 Å². The first kappa shape index (κ1) is 19.8. The van der Waals surface area contributed by atoms with E-state index in [0.29, 0.717) is 31.2 Å². The Kier molecular flexibility index (Phi) is 8.05. The van der Waals surface area contributed by atoms with E-state index < -0.39 is 0 Å². The van der Waals surface area contributed by atoms with Crippen LogP contribution in [0.1, 0.15) is 24.2 Å². The molecule has 1 aromatic carbocycles. The lowest BCUT2D eigenvalue weighted by atomic mass is 10.1. The SMILES string of the molecule is CN=C(NCCNC(=O)c1ccc(OC)cc1)NCC(C)(C)OC. The molecule has 0 bridgehead atoms. The number of ether oxygens (including phenoxy) is 2. The third-order valence-corrected chi connectivity index (χ3v) is 3.51. The summed E-state index contributed by atoms with van der Waals surface area (Å²) in [6, 6.07) is 6.98. The maximum Gasteiger partial charge on any atom is 0.251 e. The number of rotatable bonds is 8. The number of nitrogens with one attached hydrogen (secondary N) is 3. The van der Waals surface area contributed by atoms with E-state index >= 15 is 0 Å². The van der Waals surface area contributed by atoms with Gasteiger partial charge in [0.1, 0.15) is 5.75 Å². The zero-order chi connectivity index (χ0) is 18.0. The molecule has 0 unspecified atom stereocenters. The van der Waals surface area contributed by atoms with Crippen LogP contribution < -0.4 is 20.7 Å². The van der Waals surface area contributed by atoms with Gasteiger partial charge in [0.2, 0.25) is 0 Å². The number of benzene rings is 1. The van der Waals surface area contributed by atoms with Crippen molar-refractivity contribution >= 4 is 11.9 Å². The fourth-order valence-corrected chi connectivity index (χ4v) is 1.79. The first-order valence-electron chi connectivity index (χ1n) is 7.84. The van der Waals surface area contributed by atoms with Gasteiger partial charge < -0.3 is 25.4 Å². The predicted molar refractivity (Wildman–Crippen MR) is 95.8 cm³/mol. The van der Waals surface area contributed by atoms with E-state index in [1.54, 1.807) is 45.5 Å². The van der Waals surface area contributed by atoms with Crippen LogP contribution in [-0.2, 0) is 4.74 Å². The molecule has 134 valence electrons. The lowest BCUT2D eigenvalue weighted by Crippen LogP contribution is -2.46. The van der Waals surface area contributed by atoms with Crippen LogP contribution >= 0.6 is 0 Å². The molecule has 3 N–H and O–H groups in total. The molecule has 0 fully saturated rings.